The van der Waals surface area contributed by atoms with Crippen LogP contribution >= 0.6 is 0 Å². The molecule has 3 atom stereocenters. The van der Waals surface area contributed by atoms with Gasteiger partial charge in [-0.05, 0) is 76.0 Å². The smallest absolute Gasteiger partial charge is 0.302 e. The van der Waals surface area contributed by atoms with E-state index in [4.69, 9.17) is 4.74 Å². The Labute approximate surface area is 123 Å². The highest BCUT2D eigenvalue weighted by molar-refractivity contribution is 5.66. The average Bonchev–Trinajstić information content (AvgIpc) is 2.75. The standard InChI is InChI=1S/C17H30O3/c1-12(14-7-9-17(3,19)10-8-14)11-15-5-4-6-16(15)20-13(2)18/h12,14-16,19H,4-11H2,1-3H3/t12-,14?,15+,16+,17?/m1/s1. The fourth-order valence-corrected chi connectivity index (χ4v) is 4.14. The van der Waals surface area contributed by atoms with E-state index in [2.05, 4.69) is 6.92 Å². The average molecular weight is 282 g/mol. The molecule has 2 aliphatic carbocycles. The lowest BCUT2D eigenvalue weighted by Gasteiger charge is -2.37. The third-order valence-corrected chi connectivity index (χ3v) is 5.49. The summed E-state index contributed by atoms with van der Waals surface area (Å²) in [6.45, 7) is 5.82. The summed E-state index contributed by atoms with van der Waals surface area (Å²) in [4.78, 5) is 11.2. The Morgan fingerprint density at radius 3 is 2.55 bits per heavy atom. The second-order valence-electron chi connectivity index (χ2n) is 7.39. The Kier molecular flexibility index (Phi) is 5.11. The van der Waals surface area contributed by atoms with Crippen molar-refractivity contribution in [1.82, 2.24) is 0 Å². The summed E-state index contributed by atoms with van der Waals surface area (Å²) in [6.07, 6.45) is 8.89. The molecule has 20 heavy (non-hydrogen) atoms. The van der Waals surface area contributed by atoms with Gasteiger partial charge in [0.1, 0.15) is 6.10 Å². The Hall–Kier alpha value is -0.570. The largest absolute Gasteiger partial charge is 0.462 e. The van der Waals surface area contributed by atoms with E-state index >= 15 is 0 Å². The highest BCUT2D eigenvalue weighted by atomic mass is 16.5. The van der Waals surface area contributed by atoms with Crippen LogP contribution in [0.5, 0.6) is 0 Å². The molecule has 2 fully saturated rings. The van der Waals surface area contributed by atoms with E-state index in [9.17, 15) is 9.90 Å². The molecule has 0 aromatic carbocycles. The second kappa shape index (κ2) is 6.46. The van der Waals surface area contributed by atoms with Crippen LogP contribution in [0.2, 0.25) is 0 Å². The van der Waals surface area contributed by atoms with Gasteiger partial charge < -0.3 is 9.84 Å². The van der Waals surface area contributed by atoms with Crippen LogP contribution in [0, 0.1) is 17.8 Å². The Morgan fingerprint density at radius 2 is 1.95 bits per heavy atom. The van der Waals surface area contributed by atoms with Gasteiger partial charge in [0.05, 0.1) is 5.60 Å². The lowest BCUT2D eigenvalue weighted by atomic mass is 9.72. The van der Waals surface area contributed by atoms with Crippen LogP contribution in [0.25, 0.3) is 0 Å². The lowest BCUT2D eigenvalue weighted by molar-refractivity contribution is -0.148. The van der Waals surface area contributed by atoms with Crippen LogP contribution < -0.4 is 0 Å². The van der Waals surface area contributed by atoms with E-state index in [0.29, 0.717) is 11.8 Å². The zero-order chi connectivity index (χ0) is 14.8. The van der Waals surface area contributed by atoms with Gasteiger partial charge in [-0.2, -0.15) is 0 Å². The van der Waals surface area contributed by atoms with Crippen molar-refractivity contribution < 1.29 is 14.6 Å². The molecule has 0 amide bonds. The monoisotopic (exact) mass is 282 g/mol. The maximum absolute atomic E-state index is 11.2. The third kappa shape index (κ3) is 4.21. The summed E-state index contributed by atoms with van der Waals surface area (Å²) in [7, 11) is 0. The second-order valence-corrected chi connectivity index (χ2v) is 7.39. The van der Waals surface area contributed by atoms with Crippen molar-refractivity contribution in [1.29, 1.82) is 0 Å². The maximum Gasteiger partial charge on any atom is 0.302 e. The molecule has 0 saturated heterocycles. The predicted molar refractivity (Wildman–Crippen MR) is 79.3 cm³/mol. The van der Waals surface area contributed by atoms with E-state index in [1.807, 2.05) is 6.92 Å². The molecule has 1 N–H and O–H groups in total. The first-order valence-corrected chi connectivity index (χ1v) is 8.27. The first-order valence-electron chi connectivity index (χ1n) is 8.27. The minimum atomic E-state index is -0.441. The van der Waals surface area contributed by atoms with Gasteiger partial charge in [-0.15, -0.1) is 0 Å². The van der Waals surface area contributed by atoms with Gasteiger partial charge in [-0.25, -0.2) is 0 Å². The number of ether oxygens (including phenoxy) is 1. The summed E-state index contributed by atoms with van der Waals surface area (Å²) in [5, 5.41) is 10.0. The molecular formula is C17H30O3. The molecule has 2 saturated carbocycles. The molecule has 2 rings (SSSR count). The minimum Gasteiger partial charge on any atom is -0.462 e. The molecule has 0 spiro atoms. The molecule has 0 aliphatic heterocycles. The summed E-state index contributed by atoms with van der Waals surface area (Å²) < 4.78 is 5.47. The van der Waals surface area contributed by atoms with Crippen LogP contribution in [0.4, 0.5) is 0 Å². The molecule has 0 aromatic rings. The molecule has 3 heteroatoms. The van der Waals surface area contributed by atoms with E-state index in [1.54, 1.807) is 0 Å². The zero-order valence-electron chi connectivity index (χ0n) is 13.2. The number of rotatable bonds is 4. The Balaban J connectivity index is 1.82. The number of hydrogen-bond acceptors (Lipinski definition) is 3. The SMILES string of the molecule is CC(=O)O[C@H]1CCC[C@H]1C[C@@H](C)C1CCC(C)(O)CC1. The quantitative estimate of drug-likeness (QED) is 0.800. The molecule has 0 heterocycles. The summed E-state index contributed by atoms with van der Waals surface area (Å²) in [5.74, 6) is 1.82. The van der Waals surface area contributed by atoms with Crippen LogP contribution in [0.15, 0.2) is 0 Å². The van der Waals surface area contributed by atoms with Gasteiger partial charge in [0, 0.05) is 6.92 Å². The van der Waals surface area contributed by atoms with Crippen molar-refractivity contribution >= 4 is 5.97 Å². The summed E-state index contributed by atoms with van der Waals surface area (Å²) in [6, 6.07) is 0. The number of esters is 1. The van der Waals surface area contributed by atoms with Crippen molar-refractivity contribution in [3.05, 3.63) is 0 Å². The number of carbonyl (C=O) groups is 1. The molecule has 0 unspecified atom stereocenters. The zero-order valence-corrected chi connectivity index (χ0v) is 13.2. The summed E-state index contributed by atoms with van der Waals surface area (Å²) in [5.41, 5.74) is -0.441. The van der Waals surface area contributed by atoms with Crippen molar-refractivity contribution in [3.8, 4) is 0 Å². The van der Waals surface area contributed by atoms with Gasteiger partial charge in [0.25, 0.3) is 0 Å². The van der Waals surface area contributed by atoms with Gasteiger partial charge in [0.15, 0.2) is 0 Å². The van der Waals surface area contributed by atoms with E-state index in [0.717, 1.165) is 38.0 Å². The topological polar surface area (TPSA) is 46.5 Å². The third-order valence-electron chi connectivity index (χ3n) is 5.49. The van der Waals surface area contributed by atoms with Crippen LogP contribution in [-0.2, 0) is 9.53 Å². The molecule has 0 bridgehead atoms. The Morgan fingerprint density at radius 1 is 1.30 bits per heavy atom. The van der Waals surface area contributed by atoms with Crippen LogP contribution in [0.1, 0.15) is 72.1 Å². The summed E-state index contributed by atoms with van der Waals surface area (Å²) >= 11 is 0. The van der Waals surface area contributed by atoms with E-state index < -0.39 is 5.60 Å². The van der Waals surface area contributed by atoms with Crippen LogP contribution in [0.3, 0.4) is 0 Å². The molecular weight excluding hydrogens is 252 g/mol. The van der Waals surface area contributed by atoms with Gasteiger partial charge in [-0.3, -0.25) is 4.79 Å². The van der Waals surface area contributed by atoms with E-state index in [-0.39, 0.29) is 12.1 Å². The Bertz CT molecular complexity index is 327. The number of hydrogen-bond donors (Lipinski definition) is 1. The highest BCUT2D eigenvalue weighted by Crippen LogP contribution is 2.40. The van der Waals surface area contributed by atoms with Crippen molar-refractivity contribution in [2.75, 3.05) is 0 Å². The molecule has 0 aromatic heterocycles. The van der Waals surface area contributed by atoms with Crippen molar-refractivity contribution in [3.63, 3.8) is 0 Å². The van der Waals surface area contributed by atoms with Gasteiger partial charge in [-0.1, -0.05) is 6.92 Å². The minimum absolute atomic E-state index is 0.136. The maximum atomic E-state index is 11.2. The lowest BCUT2D eigenvalue weighted by Crippen LogP contribution is -2.33. The van der Waals surface area contributed by atoms with Crippen LogP contribution in [-0.4, -0.2) is 22.8 Å². The van der Waals surface area contributed by atoms with Crippen molar-refractivity contribution in [2.45, 2.75) is 83.8 Å². The normalized spacial score (nSPS) is 39.5. The first kappa shape index (κ1) is 15.8. The number of carbonyl (C=O) groups excluding carboxylic acids is 1. The van der Waals surface area contributed by atoms with Gasteiger partial charge >= 0.3 is 5.97 Å². The molecule has 3 nitrogen and oxygen atoms in total. The highest BCUT2D eigenvalue weighted by Gasteiger charge is 2.35. The predicted octanol–water partition coefficient (Wildman–Crippen LogP) is 3.69. The first-order chi connectivity index (χ1) is 9.37. The molecule has 2 aliphatic rings. The fraction of sp³-hybridized carbons (Fsp3) is 0.941. The fourth-order valence-electron chi connectivity index (χ4n) is 4.14. The van der Waals surface area contributed by atoms with Crippen molar-refractivity contribution in [2.24, 2.45) is 17.8 Å². The van der Waals surface area contributed by atoms with E-state index in [1.165, 1.54) is 26.2 Å². The molecule has 116 valence electrons. The molecule has 0 radical (unpaired) electrons. The number of aliphatic hydroxyl groups is 1. The van der Waals surface area contributed by atoms with Gasteiger partial charge in [0.2, 0.25) is 0 Å².